The van der Waals surface area contributed by atoms with Crippen LogP contribution in [0.5, 0.6) is 11.5 Å². The van der Waals surface area contributed by atoms with Crippen molar-refractivity contribution in [3.63, 3.8) is 0 Å². The normalized spacial score (nSPS) is 12.4. The maximum absolute atomic E-state index is 13.9. The molecule has 1 unspecified atom stereocenters. The van der Waals surface area contributed by atoms with Gasteiger partial charge in [-0.05, 0) is 24.3 Å². The molecule has 3 aromatic carbocycles. The zero-order chi connectivity index (χ0) is 25.3. The Morgan fingerprint density at radius 2 is 1.80 bits per heavy atom. The number of rotatable bonds is 5. The summed E-state index contributed by atoms with van der Waals surface area (Å²) in [5, 5.41) is 18.7. The Hall–Kier alpha value is -4.19. The Kier molecular flexibility index (Phi) is 6.31. The summed E-state index contributed by atoms with van der Waals surface area (Å²) in [4.78, 5) is 25.6. The molecule has 0 saturated carbocycles. The molecule has 4 rings (SSSR count). The number of hydrogen-bond donors (Lipinski definition) is 2. The lowest BCUT2D eigenvalue weighted by atomic mass is 10.0. The summed E-state index contributed by atoms with van der Waals surface area (Å²) in [7, 11) is 1.27. The molecule has 0 bridgehead atoms. The number of esters is 1. The first-order valence-electron chi connectivity index (χ1n) is 9.97. The Morgan fingerprint density at radius 1 is 1.06 bits per heavy atom. The molecule has 0 saturated heterocycles. The van der Waals surface area contributed by atoms with Gasteiger partial charge < -0.3 is 19.1 Å². The van der Waals surface area contributed by atoms with Crippen molar-refractivity contribution in [3.8, 4) is 22.6 Å². The van der Waals surface area contributed by atoms with Crippen LogP contribution in [0.3, 0.4) is 0 Å². The number of halogens is 3. The van der Waals surface area contributed by atoms with Crippen LogP contribution in [0.2, 0.25) is 0 Å². The van der Waals surface area contributed by atoms with Gasteiger partial charge in [0.1, 0.15) is 17.1 Å². The predicted molar refractivity (Wildman–Crippen MR) is 117 cm³/mol. The van der Waals surface area contributed by atoms with E-state index in [-0.39, 0.29) is 33.7 Å². The van der Waals surface area contributed by atoms with Gasteiger partial charge in [-0.1, -0.05) is 24.3 Å². The van der Waals surface area contributed by atoms with Crippen molar-refractivity contribution in [1.82, 2.24) is 0 Å². The predicted octanol–water partition coefficient (Wildman–Crippen LogP) is 4.11. The molecule has 0 fully saturated rings. The lowest BCUT2D eigenvalue weighted by Gasteiger charge is -2.15. The summed E-state index contributed by atoms with van der Waals surface area (Å²) in [6.45, 7) is 0. The van der Waals surface area contributed by atoms with Crippen molar-refractivity contribution >= 4 is 22.6 Å². The molecule has 11 heteroatoms. The Bertz CT molecular complexity index is 1480. The van der Waals surface area contributed by atoms with Gasteiger partial charge in [0.05, 0.1) is 23.6 Å². The van der Waals surface area contributed by atoms with Crippen molar-refractivity contribution < 1.29 is 42.3 Å². The molecule has 2 N–H and O–H groups in total. The third-order valence-corrected chi connectivity index (χ3v) is 5.05. The first-order valence-corrected chi connectivity index (χ1v) is 9.97. The largest absolute Gasteiger partial charge is 0.595 e. The molecule has 35 heavy (non-hydrogen) atoms. The average molecular weight is 487 g/mol. The first kappa shape index (κ1) is 24.0. The first-order chi connectivity index (χ1) is 16.6. The highest BCUT2D eigenvalue weighted by Gasteiger charge is 2.40. The van der Waals surface area contributed by atoms with Gasteiger partial charge in [0.25, 0.3) is 0 Å². The highest BCUT2D eigenvalue weighted by molar-refractivity contribution is 5.92. The Morgan fingerprint density at radius 3 is 2.49 bits per heavy atom. The fraction of sp³-hybridized carbons (Fsp3) is 0.0833. The number of fused-ring (bicyclic) bond motifs is 1. The van der Waals surface area contributed by atoms with E-state index in [1.54, 1.807) is 6.07 Å². The van der Waals surface area contributed by atoms with Gasteiger partial charge >= 0.3 is 12.1 Å². The highest BCUT2D eigenvalue weighted by Crippen LogP contribution is 2.40. The molecule has 0 radical (unpaired) electrons. The number of alkyl halides is 3. The SMILES string of the molecule is COc1ccccc1-c1c(C(F)(F)F)oc2cc(OC(=O)c3cccc([NH+]([O-])O)c3)ccc2c1=O. The van der Waals surface area contributed by atoms with Crippen molar-refractivity contribution in [1.29, 1.82) is 0 Å². The second-order valence-corrected chi connectivity index (χ2v) is 7.27. The molecule has 1 atom stereocenters. The summed E-state index contributed by atoms with van der Waals surface area (Å²) in [6.07, 6.45) is -5.02. The molecule has 0 amide bonds. The van der Waals surface area contributed by atoms with Crippen LogP contribution in [0.4, 0.5) is 18.9 Å². The van der Waals surface area contributed by atoms with Crippen LogP contribution < -0.4 is 20.1 Å². The molecule has 1 aromatic heterocycles. The molecule has 1 heterocycles. The van der Waals surface area contributed by atoms with Crippen molar-refractivity contribution in [2.24, 2.45) is 0 Å². The van der Waals surface area contributed by atoms with Gasteiger partial charge in [0, 0.05) is 23.8 Å². The number of carbonyl (C=O) groups is 1. The molecule has 0 aliphatic rings. The zero-order valence-electron chi connectivity index (χ0n) is 17.9. The number of para-hydroxylation sites is 1. The van der Waals surface area contributed by atoms with Gasteiger partial charge in [-0.2, -0.15) is 18.4 Å². The number of ether oxygens (including phenoxy) is 2. The number of quaternary nitrogens is 1. The van der Waals surface area contributed by atoms with E-state index in [1.807, 2.05) is 0 Å². The number of nitrogens with one attached hydrogen (secondary N) is 1. The number of carbonyl (C=O) groups excluding carboxylic acids is 1. The van der Waals surface area contributed by atoms with Gasteiger partial charge in [-0.15, -0.1) is 0 Å². The summed E-state index contributed by atoms with van der Waals surface area (Å²) in [5.74, 6) is -2.63. The molecular weight excluding hydrogens is 471 g/mol. The fourth-order valence-electron chi connectivity index (χ4n) is 3.48. The number of benzene rings is 3. The van der Waals surface area contributed by atoms with Gasteiger partial charge in [-0.3, -0.25) is 4.79 Å². The van der Waals surface area contributed by atoms with E-state index in [1.165, 1.54) is 55.6 Å². The minimum Gasteiger partial charge on any atom is -0.595 e. The molecule has 0 aliphatic carbocycles. The quantitative estimate of drug-likeness (QED) is 0.247. The average Bonchev–Trinajstić information content (AvgIpc) is 2.83. The zero-order valence-corrected chi connectivity index (χ0v) is 17.9. The summed E-state index contributed by atoms with van der Waals surface area (Å²) in [6, 6.07) is 14.1. The van der Waals surface area contributed by atoms with E-state index in [9.17, 15) is 28.0 Å². The van der Waals surface area contributed by atoms with Crippen LogP contribution in [0, 0.1) is 5.21 Å². The van der Waals surface area contributed by atoms with Gasteiger partial charge in [0.2, 0.25) is 11.2 Å². The summed E-state index contributed by atoms with van der Waals surface area (Å²) < 4.78 is 57.1. The van der Waals surface area contributed by atoms with E-state index in [4.69, 9.17) is 19.1 Å². The van der Waals surface area contributed by atoms with Crippen LogP contribution in [0.15, 0.2) is 75.9 Å². The minimum atomic E-state index is -5.02. The fourth-order valence-corrected chi connectivity index (χ4v) is 3.48. The van der Waals surface area contributed by atoms with Crippen molar-refractivity contribution in [2.45, 2.75) is 6.18 Å². The van der Waals surface area contributed by atoms with E-state index < -0.39 is 39.7 Å². The Balaban J connectivity index is 1.81. The topological polar surface area (TPSA) is 113 Å². The lowest BCUT2D eigenvalue weighted by Crippen LogP contribution is -2.99. The lowest BCUT2D eigenvalue weighted by molar-refractivity contribution is -0.991. The molecule has 4 aromatic rings. The van der Waals surface area contributed by atoms with E-state index >= 15 is 0 Å². The van der Waals surface area contributed by atoms with Gasteiger partial charge in [-0.25, -0.2) is 10.0 Å². The van der Waals surface area contributed by atoms with Crippen LogP contribution in [-0.4, -0.2) is 18.3 Å². The maximum atomic E-state index is 13.9. The highest BCUT2D eigenvalue weighted by atomic mass is 19.4. The summed E-state index contributed by atoms with van der Waals surface area (Å²) in [5.41, 5.74) is -2.44. The molecule has 8 nitrogen and oxygen atoms in total. The van der Waals surface area contributed by atoms with Crippen molar-refractivity contribution in [3.05, 3.63) is 93.5 Å². The molecule has 0 spiro atoms. The van der Waals surface area contributed by atoms with Crippen LogP contribution in [0.1, 0.15) is 16.1 Å². The number of hydrogen-bond acceptors (Lipinski definition) is 7. The minimum absolute atomic E-state index is 0.0544. The second kappa shape index (κ2) is 9.22. The number of methoxy groups -OCH3 is 1. The second-order valence-electron chi connectivity index (χ2n) is 7.27. The van der Waals surface area contributed by atoms with Gasteiger partial charge in [0.15, 0.2) is 5.69 Å². The smallest absolute Gasteiger partial charge is 0.450 e. The molecular formula is C24H16F3NO7. The third kappa shape index (κ3) is 4.73. The van der Waals surface area contributed by atoms with Crippen molar-refractivity contribution in [2.75, 3.05) is 7.11 Å². The van der Waals surface area contributed by atoms with Crippen LogP contribution in [-0.2, 0) is 6.18 Å². The van der Waals surface area contributed by atoms with E-state index in [0.29, 0.717) is 0 Å². The summed E-state index contributed by atoms with van der Waals surface area (Å²) >= 11 is 0. The van der Waals surface area contributed by atoms with Crippen LogP contribution in [0.25, 0.3) is 22.1 Å². The maximum Gasteiger partial charge on any atom is 0.450 e. The standard InChI is InChI=1S/C24H16F3NO7/c1-33-18-8-3-2-7-16(18)20-21(29)17-10-9-15(12-19(17)35-22(20)24(25,26)27)34-23(30)13-5-4-6-14(11-13)28(31)32/h2-12,28,31H,1H3. The monoisotopic (exact) mass is 487 g/mol. The van der Waals surface area contributed by atoms with E-state index in [0.717, 1.165) is 12.1 Å². The van der Waals surface area contributed by atoms with Crippen LogP contribution >= 0.6 is 0 Å². The third-order valence-electron chi connectivity index (χ3n) is 5.05. The molecule has 0 aliphatic heterocycles. The molecule has 180 valence electrons. The Labute approximate surface area is 194 Å². The van der Waals surface area contributed by atoms with E-state index in [2.05, 4.69) is 0 Å².